The first-order valence-electron chi connectivity index (χ1n) is 3.00. The molecule has 0 aliphatic carbocycles. The predicted octanol–water partition coefficient (Wildman–Crippen LogP) is 2.22. The molecule has 56 valence electrons. The third-order valence-corrected chi connectivity index (χ3v) is 1.27. The third kappa shape index (κ3) is 4.55. The van der Waals surface area contributed by atoms with Crippen LogP contribution in [0.25, 0.3) is 0 Å². The maximum absolute atomic E-state index is 5.28. The Balaban J connectivity index is 3.98. The molecule has 0 saturated heterocycles. The van der Waals surface area contributed by atoms with E-state index in [4.69, 9.17) is 5.73 Å². The second-order valence-corrected chi connectivity index (χ2v) is 2.97. The van der Waals surface area contributed by atoms with Crippen molar-refractivity contribution >= 4 is 28.8 Å². The maximum Gasteiger partial charge on any atom is 0.0937 e. The Morgan fingerprint density at radius 2 is 2.40 bits per heavy atom. The highest BCUT2D eigenvalue weighted by atomic mass is 127. The molecule has 0 aliphatic rings. The number of rotatable bonds is 3. The minimum atomic E-state index is 0.769. The van der Waals surface area contributed by atoms with E-state index in [0.29, 0.717) is 0 Å². The first kappa shape index (κ1) is 9.68. The van der Waals surface area contributed by atoms with Gasteiger partial charge in [-0.3, -0.25) is 4.99 Å². The van der Waals surface area contributed by atoms with E-state index in [2.05, 4.69) is 11.6 Å². The van der Waals surface area contributed by atoms with E-state index >= 15 is 0 Å². The molecule has 10 heavy (non-hydrogen) atoms. The summed E-state index contributed by atoms with van der Waals surface area (Å²) in [5.74, 6) is 0. The van der Waals surface area contributed by atoms with Crippen LogP contribution in [0.5, 0.6) is 0 Å². The monoisotopic (exact) mass is 250 g/mol. The lowest BCUT2D eigenvalue weighted by Crippen LogP contribution is -1.88. The molecule has 0 saturated carbocycles. The quantitative estimate of drug-likeness (QED) is 0.465. The van der Waals surface area contributed by atoms with Crippen LogP contribution in [0.4, 0.5) is 0 Å². The molecule has 0 unspecified atom stereocenters. The molecule has 0 aromatic rings. The van der Waals surface area contributed by atoms with Crippen molar-refractivity contribution in [3.8, 4) is 0 Å². The molecule has 0 aromatic heterocycles. The highest BCUT2D eigenvalue weighted by Crippen LogP contribution is 2.03. The van der Waals surface area contributed by atoms with Gasteiger partial charge in [0.15, 0.2) is 0 Å². The number of aliphatic imine (C=N–C) groups is 1. The molecule has 0 fully saturated rings. The maximum atomic E-state index is 5.28. The molecule has 2 nitrogen and oxygen atoms in total. The standard InChI is InChI=1S/C7H11IN2/c1-3-7(4-9)5-10-6(2)8/h4-5H,2-3,9H2,1H3/b7-4-,10-5?. The van der Waals surface area contributed by atoms with Crippen LogP contribution >= 0.6 is 22.6 Å². The van der Waals surface area contributed by atoms with Crippen molar-refractivity contribution in [2.75, 3.05) is 0 Å². The van der Waals surface area contributed by atoms with Crippen molar-refractivity contribution in [3.05, 3.63) is 22.1 Å². The van der Waals surface area contributed by atoms with E-state index < -0.39 is 0 Å². The third-order valence-electron chi connectivity index (χ3n) is 0.993. The van der Waals surface area contributed by atoms with Crippen molar-refractivity contribution in [1.29, 1.82) is 0 Å². The second kappa shape index (κ2) is 5.46. The zero-order chi connectivity index (χ0) is 7.98. The summed E-state index contributed by atoms with van der Waals surface area (Å²) < 4.78 is 0.769. The van der Waals surface area contributed by atoms with Gasteiger partial charge in [0.2, 0.25) is 0 Å². The van der Waals surface area contributed by atoms with Crippen molar-refractivity contribution < 1.29 is 0 Å². The van der Waals surface area contributed by atoms with Crippen LogP contribution in [0, 0.1) is 0 Å². The molecule has 0 radical (unpaired) electrons. The van der Waals surface area contributed by atoms with E-state index in [0.717, 1.165) is 15.7 Å². The number of allylic oxidation sites excluding steroid dienone is 1. The van der Waals surface area contributed by atoms with Crippen molar-refractivity contribution in [2.24, 2.45) is 10.7 Å². The highest BCUT2D eigenvalue weighted by Gasteiger charge is 1.85. The Labute approximate surface area is 75.0 Å². The van der Waals surface area contributed by atoms with Crippen LogP contribution in [-0.2, 0) is 0 Å². The number of halogens is 1. The van der Waals surface area contributed by atoms with Gasteiger partial charge in [-0.15, -0.1) is 0 Å². The van der Waals surface area contributed by atoms with Gasteiger partial charge in [-0.2, -0.15) is 0 Å². The van der Waals surface area contributed by atoms with Gasteiger partial charge in [-0.05, 0) is 40.8 Å². The molecular weight excluding hydrogens is 239 g/mol. The fraction of sp³-hybridized carbons (Fsp3) is 0.286. The predicted molar refractivity (Wildman–Crippen MR) is 54.2 cm³/mol. The van der Waals surface area contributed by atoms with Crippen LogP contribution in [0.2, 0.25) is 0 Å². The summed E-state index contributed by atoms with van der Waals surface area (Å²) in [6.45, 7) is 5.64. The zero-order valence-electron chi connectivity index (χ0n) is 5.97. The molecular formula is C7H11IN2. The summed E-state index contributed by atoms with van der Waals surface area (Å²) in [5, 5.41) is 0. The largest absolute Gasteiger partial charge is 0.404 e. The van der Waals surface area contributed by atoms with Crippen molar-refractivity contribution in [1.82, 2.24) is 0 Å². The van der Waals surface area contributed by atoms with E-state index in [1.54, 1.807) is 12.4 Å². The number of hydrogen-bond donors (Lipinski definition) is 1. The fourth-order valence-electron chi connectivity index (χ4n) is 0.405. The molecule has 0 aromatic carbocycles. The molecule has 2 N–H and O–H groups in total. The lowest BCUT2D eigenvalue weighted by molar-refractivity contribution is 1.16. The van der Waals surface area contributed by atoms with Gasteiger partial charge in [-0.1, -0.05) is 13.5 Å². The first-order valence-corrected chi connectivity index (χ1v) is 4.07. The van der Waals surface area contributed by atoms with Gasteiger partial charge in [0.25, 0.3) is 0 Å². The average Bonchev–Trinajstić information content (AvgIpc) is 1.90. The van der Waals surface area contributed by atoms with Gasteiger partial charge >= 0.3 is 0 Å². The summed E-state index contributed by atoms with van der Waals surface area (Å²) in [6, 6.07) is 0. The molecule has 0 aliphatic heterocycles. The Morgan fingerprint density at radius 3 is 2.70 bits per heavy atom. The normalized spacial score (nSPS) is 12.4. The van der Waals surface area contributed by atoms with Gasteiger partial charge in [0, 0.05) is 6.21 Å². The minimum Gasteiger partial charge on any atom is -0.404 e. The van der Waals surface area contributed by atoms with Gasteiger partial charge in [0.1, 0.15) is 0 Å². The number of hydrogen-bond acceptors (Lipinski definition) is 2. The second-order valence-electron chi connectivity index (χ2n) is 1.73. The lowest BCUT2D eigenvalue weighted by Gasteiger charge is -1.91. The smallest absolute Gasteiger partial charge is 0.0937 e. The molecule has 0 amide bonds. The summed E-state index contributed by atoms with van der Waals surface area (Å²) in [6.07, 6.45) is 4.20. The lowest BCUT2D eigenvalue weighted by atomic mass is 10.2. The molecule has 3 heteroatoms. The Morgan fingerprint density at radius 1 is 1.80 bits per heavy atom. The summed E-state index contributed by atoms with van der Waals surface area (Å²) in [4.78, 5) is 3.99. The highest BCUT2D eigenvalue weighted by molar-refractivity contribution is 14.1. The number of nitrogens with two attached hydrogens (primary N) is 1. The summed E-state index contributed by atoms with van der Waals surface area (Å²) >= 11 is 2.05. The summed E-state index contributed by atoms with van der Waals surface area (Å²) in [5.41, 5.74) is 6.31. The van der Waals surface area contributed by atoms with Crippen LogP contribution in [0.1, 0.15) is 13.3 Å². The number of nitrogens with zero attached hydrogens (tertiary/aromatic N) is 1. The molecule has 0 heterocycles. The van der Waals surface area contributed by atoms with E-state index in [9.17, 15) is 0 Å². The fourth-order valence-corrected chi connectivity index (χ4v) is 0.544. The SMILES string of the molecule is C=C(I)N=C/C(=C\N)CC. The van der Waals surface area contributed by atoms with Crippen LogP contribution in [0.3, 0.4) is 0 Å². The van der Waals surface area contributed by atoms with E-state index in [1.807, 2.05) is 29.5 Å². The Hall–Kier alpha value is -0.320. The van der Waals surface area contributed by atoms with Crippen molar-refractivity contribution in [3.63, 3.8) is 0 Å². The summed E-state index contributed by atoms with van der Waals surface area (Å²) in [7, 11) is 0. The van der Waals surface area contributed by atoms with Gasteiger partial charge in [-0.25, -0.2) is 0 Å². The van der Waals surface area contributed by atoms with Crippen LogP contribution in [0.15, 0.2) is 27.0 Å². The Bertz CT molecular complexity index is 170. The van der Waals surface area contributed by atoms with Crippen LogP contribution in [-0.4, -0.2) is 6.21 Å². The van der Waals surface area contributed by atoms with E-state index in [1.165, 1.54) is 0 Å². The van der Waals surface area contributed by atoms with Crippen LogP contribution < -0.4 is 5.73 Å². The molecule has 0 rings (SSSR count). The van der Waals surface area contributed by atoms with Gasteiger partial charge in [0.05, 0.1) is 3.70 Å². The average molecular weight is 250 g/mol. The molecule has 0 atom stereocenters. The van der Waals surface area contributed by atoms with Gasteiger partial charge < -0.3 is 5.73 Å². The molecule has 0 bridgehead atoms. The van der Waals surface area contributed by atoms with E-state index in [-0.39, 0.29) is 0 Å². The first-order chi connectivity index (χ1) is 4.70. The zero-order valence-corrected chi connectivity index (χ0v) is 8.13. The topological polar surface area (TPSA) is 38.4 Å². The Kier molecular flexibility index (Phi) is 5.29. The minimum absolute atomic E-state index is 0.769. The molecule has 0 spiro atoms. The van der Waals surface area contributed by atoms with Crippen molar-refractivity contribution in [2.45, 2.75) is 13.3 Å².